The molecule has 1 saturated carbocycles. The molecular weight excluding hydrogens is 244 g/mol. The smallest absolute Gasteiger partial charge is 0.328 e. The minimum Gasteiger partial charge on any atom is -0.367 e. The normalized spacial score (nSPS) is 25.6. The fourth-order valence-corrected chi connectivity index (χ4v) is 2.87. The standard InChI is InChI=1S/C13H18N4O2/c1-8-6-17(13(19)16-12(8)18)7-11-14-9-4-2-3-5-10(9)15-11/h6,9-10H,2-5,7H2,1H3,(H,14,15)(H,16,18,19). The number of amidine groups is 1. The average Bonchev–Trinajstić information content (AvgIpc) is 2.78. The highest BCUT2D eigenvalue weighted by molar-refractivity contribution is 5.84. The molecule has 19 heavy (non-hydrogen) atoms. The molecule has 1 aliphatic heterocycles. The summed E-state index contributed by atoms with van der Waals surface area (Å²) in [7, 11) is 0. The number of aryl methyl sites for hydroxylation is 1. The third-order valence-electron chi connectivity index (χ3n) is 3.91. The van der Waals surface area contributed by atoms with Crippen LogP contribution in [0, 0.1) is 6.92 Å². The zero-order valence-electron chi connectivity index (χ0n) is 11.0. The number of nitrogens with one attached hydrogen (secondary N) is 2. The van der Waals surface area contributed by atoms with E-state index in [1.54, 1.807) is 13.1 Å². The summed E-state index contributed by atoms with van der Waals surface area (Å²) in [4.78, 5) is 30.0. The molecule has 2 aliphatic rings. The largest absolute Gasteiger partial charge is 0.367 e. The number of nitrogens with zero attached hydrogens (tertiary/aromatic N) is 2. The van der Waals surface area contributed by atoms with Crippen LogP contribution in [0.2, 0.25) is 0 Å². The SMILES string of the molecule is Cc1cn(CC2=NC3CCCCC3N2)c(=O)[nH]c1=O. The lowest BCUT2D eigenvalue weighted by Gasteiger charge is -2.23. The van der Waals surface area contributed by atoms with E-state index in [1.165, 1.54) is 17.4 Å². The Morgan fingerprint density at radius 3 is 2.95 bits per heavy atom. The van der Waals surface area contributed by atoms with Gasteiger partial charge in [-0.3, -0.25) is 19.3 Å². The van der Waals surface area contributed by atoms with Gasteiger partial charge in [-0.2, -0.15) is 0 Å². The zero-order valence-corrected chi connectivity index (χ0v) is 11.0. The average molecular weight is 262 g/mol. The van der Waals surface area contributed by atoms with Crippen LogP contribution < -0.4 is 16.6 Å². The molecule has 3 rings (SSSR count). The molecule has 1 aromatic heterocycles. The highest BCUT2D eigenvalue weighted by Crippen LogP contribution is 2.24. The molecule has 102 valence electrons. The summed E-state index contributed by atoms with van der Waals surface area (Å²) >= 11 is 0. The number of aromatic nitrogens is 2. The van der Waals surface area contributed by atoms with E-state index in [9.17, 15) is 9.59 Å². The number of hydrogen-bond donors (Lipinski definition) is 2. The maximum absolute atomic E-state index is 11.7. The van der Waals surface area contributed by atoms with E-state index in [0.29, 0.717) is 24.2 Å². The van der Waals surface area contributed by atoms with E-state index in [0.717, 1.165) is 18.7 Å². The van der Waals surface area contributed by atoms with Crippen molar-refractivity contribution in [2.75, 3.05) is 0 Å². The minimum atomic E-state index is -0.380. The van der Waals surface area contributed by atoms with Gasteiger partial charge in [0.15, 0.2) is 0 Å². The van der Waals surface area contributed by atoms with Gasteiger partial charge in [-0.05, 0) is 19.8 Å². The number of aliphatic imine (C=N–C) groups is 1. The first-order valence-electron chi connectivity index (χ1n) is 6.77. The second-order valence-corrected chi connectivity index (χ2v) is 5.38. The summed E-state index contributed by atoms with van der Waals surface area (Å²) < 4.78 is 1.50. The van der Waals surface area contributed by atoms with Gasteiger partial charge in [0.25, 0.3) is 5.56 Å². The van der Waals surface area contributed by atoms with E-state index in [4.69, 9.17) is 0 Å². The number of fused-ring (bicyclic) bond motifs is 1. The molecule has 1 aromatic rings. The van der Waals surface area contributed by atoms with Gasteiger partial charge < -0.3 is 5.32 Å². The zero-order chi connectivity index (χ0) is 13.4. The number of aromatic amines is 1. The fraction of sp³-hybridized carbons (Fsp3) is 0.615. The van der Waals surface area contributed by atoms with Crippen molar-refractivity contribution in [2.24, 2.45) is 4.99 Å². The lowest BCUT2D eigenvalue weighted by molar-refractivity contribution is 0.384. The Bertz CT molecular complexity index is 628. The lowest BCUT2D eigenvalue weighted by atomic mass is 9.92. The molecule has 0 aromatic carbocycles. The van der Waals surface area contributed by atoms with Gasteiger partial charge in [-0.1, -0.05) is 12.8 Å². The molecule has 1 aliphatic carbocycles. The van der Waals surface area contributed by atoms with Crippen molar-refractivity contribution in [3.8, 4) is 0 Å². The van der Waals surface area contributed by atoms with Crippen LogP contribution >= 0.6 is 0 Å². The Morgan fingerprint density at radius 1 is 1.37 bits per heavy atom. The molecule has 2 N–H and O–H groups in total. The van der Waals surface area contributed by atoms with E-state index >= 15 is 0 Å². The van der Waals surface area contributed by atoms with Crippen LogP contribution in [0.25, 0.3) is 0 Å². The highest BCUT2D eigenvalue weighted by atomic mass is 16.2. The van der Waals surface area contributed by atoms with Crippen LogP contribution in [0.5, 0.6) is 0 Å². The Morgan fingerprint density at radius 2 is 2.16 bits per heavy atom. The molecule has 6 nitrogen and oxygen atoms in total. The van der Waals surface area contributed by atoms with E-state index < -0.39 is 0 Å². The van der Waals surface area contributed by atoms with Crippen molar-refractivity contribution < 1.29 is 0 Å². The van der Waals surface area contributed by atoms with Gasteiger partial charge in [0.2, 0.25) is 0 Å². The summed E-state index contributed by atoms with van der Waals surface area (Å²) in [6.07, 6.45) is 6.34. The maximum atomic E-state index is 11.7. The quantitative estimate of drug-likeness (QED) is 0.796. The second-order valence-electron chi connectivity index (χ2n) is 5.38. The summed E-state index contributed by atoms with van der Waals surface area (Å²) in [5.41, 5.74) is -0.165. The molecule has 0 amide bonds. The fourth-order valence-electron chi connectivity index (χ4n) is 2.87. The summed E-state index contributed by atoms with van der Waals surface area (Å²) in [5.74, 6) is 0.852. The van der Waals surface area contributed by atoms with E-state index in [1.807, 2.05) is 0 Å². The molecule has 6 heteroatoms. The number of rotatable bonds is 2. The van der Waals surface area contributed by atoms with Crippen LogP contribution in [-0.2, 0) is 6.54 Å². The van der Waals surface area contributed by atoms with Crippen LogP contribution in [0.15, 0.2) is 20.8 Å². The summed E-state index contributed by atoms with van der Waals surface area (Å²) in [6.45, 7) is 2.10. The van der Waals surface area contributed by atoms with Gasteiger partial charge in [0.05, 0.1) is 12.6 Å². The first kappa shape index (κ1) is 12.2. The number of H-pyrrole nitrogens is 1. The van der Waals surface area contributed by atoms with Crippen LogP contribution in [-0.4, -0.2) is 27.5 Å². The topological polar surface area (TPSA) is 79.2 Å². The van der Waals surface area contributed by atoms with Gasteiger partial charge >= 0.3 is 5.69 Å². The monoisotopic (exact) mass is 262 g/mol. The van der Waals surface area contributed by atoms with Crippen molar-refractivity contribution in [2.45, 2.75) is 51.2 Å². The predicted molar refractivity (Wildman–Crippen MR) is 72.7 cm³/mol. The van der Waals surface area contributed by atoms with E-state index in [-0.39, 0.29) is 11.2 Å². The molecule has 1 fully saturated rings. The van der Waals surface area contributed by atoms with Crippen LogP contribution in [0.4, 0.5) is 0 Å². The maximum Gasteiger partial charge on any atom is 0.328 e. The first-order valence-corrected chi connectivity index (χ1v) is 6.77. The molecule has 2 unspecified atom stereocenters. The van der Waals surface area contributed by atoms with Crippen LogP contribution in [0.3, 0.4) is 0 Å². The molecular formula is C13H18N4O2. The van der Waals surface area contributed by atoms with Gasteiger partial charge in [0.1, 0.15) is 5.84 Å². The van der Waals surface area contributed by atoms with Crippen molar-refractivity contribution in [3.05, 3.63) is 32.6 Å². The summed E-state index contributed by atoms with van der Waals surface area (Å²) in [6, 6.07) is 0.798. The van der Waals surface area contributed by atoms with Crippen molar-refractivity contribution in [1.82, 2.24) is 14.9 Å². The molecule has 0 saturated heterocycles. The lowest BCUT2D eigenvalue weighted by Crippen LogP contribution is -2.40. The molecule has 0 radical (unpaired) electrons. The molecule has 2 atom stereocenters. The summed E-state index contributed by atoms with van der Waals surface area (Å²) in [5, 5.41) is 3.40. The molecule has 0 bridgehead atoms. The second kappa shape index (κ2) is 4.68. The van der Waals surface area contributed by atoms with Crippen LogP contribution in [0.1, 0.15) is 31.2 Å². The third-order valence-corrected chi connectivity index (χ3v) is 3.91. The Balaban J connectivity index is 1.81. The minimum absolute atomic E-state index is 0.323. The first-order chi connectivity index (χ1) is 9.13. The molecule has 0 spiro atoms. The Labute approximate surface area is 110 Å². The van der Waals surface area contributed by atoms with Gasteiger partial charge in [-0.15, -0.1) is 0 Å². The van der Waals surface area contributed by atoms with Gasteiger partial charge in [0, 0.05) is 17.8 Å². The van der Waals surface area contributed by atoms with E-state index in [2.05, 4.69) is 15.3 Å². The van der Waals surface area contributed by atoms with Crippen molar-refractivity contribution in [1.29, 1.82) is 0 Å². The number of hydrogen-bond acceptors (Lipinski definition) is 4. The predicted octanol–water partition coefficient (Wildman–Crippen LogP) is 0.158. The Kier molecular flexibility index (Phi) is 3.00. The highest BCUT2D eigenvalue weighted by Gasteiger charge is 2.30. The Hall–Kier alpha value is -1.85. The molecule has 2 heterocycles. The van der Waals surface area contributed by atoms with Crippen molar-refractivity contribution >= 4 is 5.84 Å². The van der Waals surface area contributed by atoms with Crippen molar-refractivity contribution in [3.63, 3.8) is 0 Å². The third kappa shape index (κ3) is 2.34. The van der Waals surface area contributed by atoms with Gasteiger partial charge in [-0.25, -0.2) is 4.79 Å².